The number of anilines is 1. The summed E-state index contributed by atoms with van der Waals surface area (Å²) in [4.78, 5) is 26.9. The van der Waals surface area contributed by atoms with Crippen molar-refractivity contribution >= 4 is 28.2 Å². The molecule has 0 saturated carbocycles. The lowest BCUT2D eigenvalue weighted by Gasteiger charge is -2.10. The molecule has 0 unspecified atom stereocenters. The maximum atomic E-state index is 12.0. The van der Waals surface area contributed by atoms with Crippen molar-refractivity contribution in [1.82, 2.24) is 10.3 Å². The van der Waals surface area contributed by atoms with Gasteiger partial charge in [0.1, 0.15) is 5.52 Å². The first kappa shape index (κ1) is 17.3. The molecule has 0 saturated heterocycles. The number of nitro groups is 1. The molecule has 0 bridgehead atoms. The lowest BCUT2D eigenvalue weighted by atomic mass is 10.1. The van der Waals surface area contributed by atoms with Gasteiger partial charge in [0.15, 0.2) is 0 Å². The minimum atomic E-state index is -0.440. The molecular weight excluding hydrogens is 332 g/mol. The van der Waals surface area contributed by atoms with Crippen LogP contribution in [0.2, 0.25) is 0 Å². The van der Waals surface area contributed by atoms with Crippen LogP contribution in [0.5, 0.6) is 0 Å². The molecule has 1 aromatic heterocycles. The van der Waals surface area contributed by atoms with Gasteiger partial charge in [-0.1, -0.05) is 30.3 Å². The first-order valence-electron chi connectivity index (χ1n) is 8.22. The van der Waals surface area contributed by atoms with Gasteiger partial charge in [-0.2, -0.15) is 0 Å². The molecule has 0 radical (unpaired) electrons. The molecular formula is C19H18N4O3. The standard InChI is InChI=1S/C19H18N4O3/c24-18(20-12-10-14-5-2-1-3-6-14)13-22-16-8-9-17(23(25)26)15-7-4-11-21-19(15)16/h1-9,11,22H,10,12-13H2,(H,20,24). The van der Waals surface area contributed by atoms with Crippen molar-refractivity contribution in [2.75, 3.05) is 18.4 Å². The van der Waals surface area contributed by atoms with Crippen LogP contribution < -0.4 is 10.6 Å². The lowest BCUT2D eigenvalue weighted by molar-refractivity contribution is -0.383. The third kappa shape index (κ3) is 4.13. The monoisotopic (exact) mass is 350 g/mol. The maximum Gasteiger partial charge on any atom is 0.278 e. The summed E-state index contributed by atoms with van der Waals surface area (Å²) in [6.07, 6.45) is 2.33. The Morgan fingerprint density at radius 3 is 2.65 bits per heavy atom. The van der Waals surface area contributed by atoms with Gasteiger partial charge in [-0.3, -0.25) is 19.9 Å². The number of carbonyl (C=O) groups is 1. The first-order valence-corrected chi connectivity index (χ1v) is 8.22. The van der Waals surface area contributed by atoms with Crippen molar-refractivity contribution in [2.24, 2.45) is 0 Å². The van der Waals surface area contributed by atoms with Crippen LogP contribution in [-0.2, 0) is 11.2 Å². The Labute approximate surface area is 150 Å². The molecule has 0 atom stereocenters. The molecule has 2 N–H and O–H groups in total. The highest BCUT2D eigenvalue weighted by Crippen LogP contribution is 2.29. The Bertz CT molecular complexity index is 928. The Morgan fingerprint density at radius 1 is 1.08 bits per heavy atom. The van der Waals surface area contributed by atoms with Crippen LogP contribution in [0.25, 0.3) is 10.9 Å². The zero-order valence-electron chi connectivity index (χ0n) is 14.0. The number of carbonyl (C=O) groups excluding carboxylic acids is 1. The largest absolute Gasteiger partial charge is 0.374 e. The molecule has 2 aromatic carbocycles. The normalized spacial score (nSPS) is 10.5. The number of non-ortho nitro benzene ring substituents is 1. The second-order valence-electron chi connectivity index (χ2n) is 5.73. The van der Waals surface area contributed by atoms with Gasteiger partial charge < -0.3 is 10.6 Å². The van der Waals surface area contributed by atoms with Crippen LogP contribution in [0.15, 0.2) is 60.8 Å². The van der Waals surface area contributed by atoms with Crippen molar-refractivity contribution in [3.05, 3.63) is 76.5 Å². The second kappa shape index (κ2) is 8.06. The Kier molecular flexibility index (Phi) is 5.38. The Balaban J connectivity index is 1.60. The molecule has 0 aliphatic rings. The Hall–Kier alpha value is -3.48. The van der Waals surface area contributed by atoms with Crippen LogP contribution in [0, 0.1) is 10.1 Å². The zero-order chi connectivity index (χ0) is 18.4. The summed E-state index contributed by atoms with van der Waals surface area (Å²) in [5, 5.41) is 17.4. The van der Waals surface area contributed by atoms with E-state index >= 15 is 0 Å². The smallest absolute Gasteiger partial charge is 0.278 e. The summed E-state index contributed by atoms with van der Waals surface area (Å²) < 4.78 is 0. The number of aromatic nitrogens is 1. The highest BCUT2D eigenvalue weighted by molar-refractivity contribution is 5.97. The molecule has 7 heteroatoms. The quantitative estimate of drug-likeness (QED) is 0.504. The van der Waals surface area contributed by atoms with Crippen molar-refractivity contribution in [3.8, 4) is 0 Å². The first-order chi connectivity index (χ1) is 12.6. The number of fused-ring (bicyclic) bond motifs is 1. The van der Waals surface area contributed by atoms with Crippen molar-refractivity contribution in [1.29, 1.82) is 0 Å². The van der Waals surface area contributed by atoms with Crippen LogP contribution >= 0.6 is 0 Å². The highest BCUT2D eigenvalue weighted by Gasteiger charge is 2.15. The third-order valence-electron chi connectivity index (χ3n) is 3.96. The SMILES string of the molecule is O=C(CNc1ccc([N+](=O)[O-])c2cccnc12)NCCc1ccccc1. The molecule has 0 fully saturated rings. The topological polar surface area (TPSA) is 97.2 Å². The van der Waals surface area contributed by atoms with E-state index < -0.39 is 4.92 Å². The van der Waals surface area contributed by atoms with Gasteiger partial charge in [-0.15, -0.1) is 0 Å². The number of pyridine rings is 1. The fourth-order valence-electron chi connectivity index (χ4n) is 2.69. The predicted molar refractivity (Wildman–Crippen MR) is 100 cm³/mol. The van der Waals surface area contributed by atoms with Gasteiger partial charge in [0.2, 0.25) is 5.91 Å². The molecule has 26 heavy (non-hydrogen) atoms. The van der Waals surface area contributed by atoms with Crippen LogP contribution in [0.1, 0.15) is 5.56 Å². The average Bonchev–Trinajstić information content (AvgIpc) is 2.66. The summed E-state index contributed by atoms with van der Waals surface area (Å²) in [7, 11) is 0. The van der Waals surface area contributed by atoms with E-state index in [1.165, 1.54) is 6.07 Å². The molecule has 3 aromatic rings. The number of nitro benzene ring substituents is 1. The summed E-state index contributed by atoms with van der Waals surface area (Å²) >= 11 is 0. The highest BCUT2D eigenvalue weighted by atomic mass is 16.6. The number of nitrogens with one attached hydrogen (secondary N) is 2. The van der Waals surface area contributed by atoms with E-state index in [1.54, 1.807) is 24.4 Å². The van der Waals surface area contributed by atoms with E-state index in [0.29, 0.717) is 23.1 Å². The predicted octanol–water partition coefficient (Wildman–Crippen LogP) is 2.91. The van der Waals surface area contributed by atoms with Crippen LogP contribution in [0.3, 0.4) is 0 Å². The summed E-state index contributed by atoms with van der Waals surface area (Å²) in [5.41, 5.74) is 2.21. The second-order valence-corrected chi connectivity index (χ2v) is 5.73. The van der Waals surface area contributed by atoms with Crippen LogP contribution in [-0.4, -0.2) is 28.9 Å². The van der Waals surface area contributed by atoms with Crippen molar-refractivity contribution in [3.63, 3.8) is 0 Å². The van der Waals surface area contributed by atoms with Gasteiger partial charge in [0, 0.05) is 18.8 Å². The van der Waals surface area contributed by atoms with E-state index in [-0.39, 0.29) is 18.1 Å². The fraction of sp³-hybridized carbons (Fsp3) is 0.158. The molecule has 132 valence electrons. The van der Waals surface area contributed by atoms with Gasteiger partial charge >= 0.3 is 0 Å². The number of hydrogen-bond acceptors (Lipinski definition) is 5. The fourth-order valence-corrected chi connectivity index (χ4v) is 2.69. The third-order valence-corrected chi connectivity index (χ3v) is 3.96. The molecule has 1 amide bonds. The maximum absolute atomic E-state index is 12.0. The zero-order valence-corrected chi connectivity index (χ0v) is 14.0. The summed E-state index contributed by atoms with van der Waals surface area (Å²) in [6.45, 7) is 0.613. The molecule has 0 aliphatic carbocycles. The Morgan fingerprint density at radius 2 is 1.88 bits per heavy atom. The van der Waals surface area contributed by atoms with Crippen molar-refractivity contribution in [2.45, 2.75) is 6.42 Å². The van der Waals surface area contributed by atoms with Gasteiger partial charge in [0.05, 0.1) is 22.5 Å². The summed E-state index contributed by atoms with van der Waals surface area (Å²) in [6, 6.07) is 16.2. The molecule has 3 rings (SSSR count). The molecule has 0 aliphatic heterocycles. The van der Waals surface area contributed by atoms with Gasteiger partial charge in [-0.25, -0.2) is 0 Å². The minimum Gasteiger partial charge on any atom is -0.374 e. The number of benzene rings is 2. The van der Waals surface area contributed by atoms with Gasteiger partial charge in [0.25, 0.3) is 5.69 Å². The average molecular weight is 350 g/mol. The molecule has 1 heterocycles. The van der Waals surface area contributed by atoms with Crippen LogP contribution in [0.4, 0.5) is 11.4 Å². The van der Waals surface area contributed by atoms with Crippen molar-refractivity contribution < 1.29 is 9.72 Å². The number of hydrogen-bond donors (Lipinski definition) is 2. The number of rotatable bonds is 7. The van der Waals surface area contributed by atoms with E-state index in [0.717, 1.165) is 12.0 Å². The van der Waals surface area contributed by atoms with E-state index in [4.69, 9.17) is 0 Å². The number of nitrogens with zero attached hydrogens (tertiary/aromatic N) is 2. The molecule has 7 nitrogen and oxygen atoms in total. The minimum absolute atomic E-state index is 0.00837. The summed E-state index contributed by atoms with van der Waals surface area (Å²) in [5.74, 6) is -0.150. The van der Waals surface area contributed by atoms with E-state index in [2.05, 4.69) is 15.6 Å². The van der Waals surface area contributed by atoms with Gasteiger partial charge in [-0.05, 0) is 30.2 Å². The lowest BCUT2D eigenvalue weighted by Crippen LogP contribution is -2.31. The van der Waals surface area contributed by atoms with E-state index in [9.17, 15) is 14.9 Å². The van der Waals surface area contributed by atoms with E-state index in [1.807, 2.05) is 30.3 Å². The number of amides is 1. The molecule has 0 spiro atoms.